The second-order valence-electron chi connectivity index (χ2n) is 8.92. The van der Waals surface area contributed by atoms with Gasteiger partial charge < -0.3 is 10.0 Å². The molecule has 1 heterocycles. The summed E-state index contributed by atoms with van der Waals surface area (Å²) in [6.45, 7) is 0.739. The Morgan fingerprint density at radius 2 is 1.48 bits per heavy atom. The first-order chi connectivity index (χ1) is 16.0. The van der Waals surface area contributed by atoms with Crippen molar-refractivity contribution < 1.29 is 14.7 Å². The van der Waals surface area contributed by atoms with Gasteiger partial charge in [-0.2, -0.15) is 0 Å². The first-order valence-corrected chi connectivity index (χ1v) is 13.1. The summed E-state index contributed by atoms with van der Waals surface area (Å²) in [6.07, 6.45) is 5.06. The maximum atomic E-state index is 13.4. The molecular weight excluding hydrogens is 546 g/mol. The zero-order valence-corrected chi connectivity index (χ0v) is 21.4. The SMILES string of the molecule is O=C1CCCC2=C1C(c1cc(Br)cc(Br)c1O)C1=C(CCCC1=O)N2CCc1ccccc1. The Labute approximate surface area is 210 Å². The lowest BCUT2D eigenvalue weighted by Gasteiger charge is -2.44. The molecule has 0 spiro atoms. The molecule has 0 fully saturated rings. The maximum absolute atomic E-state index is 13.4. The van der Waals surface area contributed by atoms with Crippen LogP contribution in [0, 0.1) is 0 Å². The van der Waals surface area contributed by atoms with Gasteiger partial charge in [0.2, 0.25) is 0 Å². The Morgan fingerprint density at radius 3 is 2.09 bits per heavy atom. The smallest absolute Gasteiger partial charge is 0.161 e. The predicted octanol–water partition coefficient (Wildman–Crippen LogP) is 6.57. The standard InChI is InChI=1S/C27H25Br2NO3/c28-17-14-18(27(33)19(29)15-17)24-25-20(8-4-10-22(25)31)30(13-12-16-6-2-1-3-7-16)21-9-5-11-23(32)26(21)24/h1-3,6-7,14-15,24,33H,4-5,8-13H2. The lowest BCUT2D eigenvalue weighted by Crippen LogP contribution is -2.40. The van der Waals surface area contributed by atoms with Gasteiger partial charge in [0.1, 0.15) is 5.75 Å². The molecule has 0 unspecified atom stereocenters. The summed E-state index contributed by atoms with van der Waals surface area (Å²) in [5, 5.41) is 11.0. The lowest BCUT2D eigenvalue weighted by atomic mass is 9.70. The van der Waals surface area contributed by atoms with Crippen LogP contribution in [0.3, 0.4) is 0 Å². The molecule has 0 radical (unpaired) electrons. The fourth-order valence-corrected chi connectivity index (χ4v) is 6.75. The third kappa shape index (κ3) is 4.12. The molecule has 5 rings (SSSR count). The van der Waals surface area contributed by atoms with Crippen LogP contribution in [-0.2, 0) is 16.0 Å². The number of halogens is 2. The predicted molar refractivity (Wildman–Crippen MR) is 135 cm³/mol. The van der Waals surface area contributed by atoms with Crippen LogP contribution in [0.4, 0.5) is 0 Å². The Bertz CT molecular complexity index is 1160. The average molecular weight is 571 g/mol. The Kier molecular flexibility index (Phi) is 6.32. The van der Waals surface area contributed by atoms with E-state index in [1.807, 2.05) is 24.3 Å². The second-order valence-corrected chi connectivity index (χ2v) is 10.7. The fraction of sp³-hybridized carbons (Fsp3) is 0.333. The molecule has 0 saturated carbocycles. The summed E-state index contributed by atoms with van der Waals surface area (Å²) in [4.78, 5) is 29.0. The van der Waals surface area contributed by atoms with Crippen molar-refractivity contribution in [3.8, 4) is 5.75 Å². The largest absolute Gasteiger partial charge is 0.506 e. The highest BCUT2D eigenvalue weighted by atomic mass is 79.9. The van der Waals surface area contributed by atoms with Gasteiger partial charge in [0.25, 0.3) is 0 Å². The molecule has 2 aromatic carbocycles. The van der Waals surface area contributed by atoms with Crippen LogP contribution in [-0.4, -0.2) is 28.1 Å². The van der Waals surface area contributed by atoms with Gasteiger partial charge in [0, 0.05) is 57.9 Å². The van der Waals surface area contributed by atoms with Gasteiger partial charge in [-0.05, 0) is 65.7 Å². The molecule has 33 heavy (non-hydrogen) atoms. The van der Waals surface area contributed by atoms with Crippen LogP contribution in [0.25, 0.3) is 0 Å². The second kappa shape index (κ2) is 9.22. The van der Waals surface area contributed by atoms with Crippen molar-refractivity contribution in [3.63, 3.8) is 0 Å². The molecular formula is C27H25Br2NO3. The molecule has 0 aromatic heterocycles. The van der Waals surface area contributed by atoms with E-state index in [4.69, 9.17) is 0 Å². The quantitative estimate of drug-likeness (QED) is 0.451. The van der Waals surface area contributed by atoms with Crippen LogP contribution >= 0.6 is 31.9 Å². The third-order valence-electron chi connectivity index (χ3n) is 6.92. The molecule has 0 atom stereocenters. The zero-order valence-electron chi connectivity index (χ0n) is 18.2. The van der Waals surface area contributed by atoms with Gasteiger partial charge in [-0.3, -0.25) is 9.59 Å². The van der Waals surface area contributed by atoms with Crippen molar-refractivity contribution in [1.29, 1.82) is 0 Å². The minimum atomic E-state index is -0.516. The number of hydrogen-bond acceptors (Lipinski definition) is 4. The maximum Gasteiger partial charge on any atom is 0.161 e. The highest BCUT2D eigenvalue weighted by Crippen LogP contribution is 2.52. The first kappa shape index (κ1) is 22.6. The van der Waals surface area contributed by atoms with Crippen molar-refractivity contribution in [2.45, 2.75) is 50.9 Å². The Morgan fingerprint density at radius 1 is 0.879 bits per heavy atom. The van der Waals surface area contributed by atoms with Gasteiger partial charge in [0.15, 0.2) is 11.6 Å². The number of Topliss-reactive ketones (excluding diaryl/α,β-unsaturated/α-hetero) is 2. The molecule has 3 aliphatic rings. The van der Waals surface area contributed by atoms with Gasteiger partial charge in [-0.15, -0.1) is 0 Å². The van der Waals surface area contributed by atoms with E-state index in [0.29, 0.717) is 34.0 Å². The number of carbonyl (C=O) groups is 2. The van der Waals surface area contributed by atoms with E-state index < -0.39 is 5.92 Å². The molecule has 2 aliphatic carbocycles. The van der Waals surface area contributed by atoms with Crippen LogP contribution in [0.5, 0.6) is 5.75 Å². The van der Waals surface area contributed by atoms with Gasteiger partial charge in [-0.1, -0.05) is 46.3 Å². The van der Waals surface area contributed by atoms with E-state index in [1.165, 1.54) is 5.56 Å². The fourth-order valence-electron chi connectivity index (χ4n) is 5.49. The van der Waals surface area contributed by atoms with Crippen LogP contribution in [0.1, 0.15) is 55.6 Å². The normalized spacial score (nSPS) is 19.2. The molecule has 2 aromatic rings. The van der Waals surface area contributed by atoms with E-state index in [2.05, 4.69) is 48.9 Å². The summed E-state index contributed by atoms with van der Waals surface area (Å²) in [5.74, 6) is -0.244. The highest BCUT2D eigenvalue weighted by molar-refractivity contribution is 9.11. The number of nitrogens with zero attached hydrogens (tertiary/aromatic N) is 1. The number of carbonyl (C=O) groups excluding carboxylic acids is 2. The molecule has 1 N–H and O–H groups in total. The zero-order chi connectivity index (χ0) is 23.1. The Hall–Kier alpha value is -2.18. The van der Waals surface area contributed by atoms with Crippen molar-refractivity contribution in [2.75, 3.05) is 6.54 Å². The third-order valence-corrected chi connectivity index (χ3v) is 7.98. The first-order valence-electron chi connectivity index (χ1n) is 11.5. The topological polar surface area (TPSA) is 57.6 Å². The van der Waals surface area contributed by atoms with Gasteiger partial charge in [-0.25, -0.2) is 0 Å². The highest BCUT2D eigenvalue weighted by Gasteiger charge is 2.44. The number of allylic oxidation sites excluding steroid dienone is 4. The molecule has 0 bridgehead atoms. The van der Waals surface area contributed by atoms with E-state index in [9.17, 15) is 14.7 Å². The summed E-state index contributed by atoms with van der Waals surface area (Å²) < 4.78 is 1.35. The van der Waals surface area contributed by atoms with Crippen molar-refractivity contribution in [1.82, 2.24) is 4.90 Å². The number of hydrogen-bond donors (Lipinski definition) is 1. The molecule has 1 aliphatic heterocycles. The summed E-state index contributed by atoms with van der Waals surface area (Å²) in [5.41, 5.74) is 5.32. The minimum Gasteiger partial charge on any atom is -0.506 e. The lowest BCUT2D eigenvalue weighted by molar-refractivity contribution is -0.117. The summed E-state index contributed by atoms with van der Waals surface area (Å²) in [6, 6.07) is 14.0. The summed E-state index contributed by atoms with van der Waals surface area (Å²) >= 11 is 6.97. The number of rotatable bonds is 4. The molecule has 0 saturated heterocycles. The van der Waals surface area contributed by atoms with Crippen molar-refractivity contribution >= 4 is 43.4 Å². The van der Waals surface area contributed by atoms with Gasteiger partial charge in [0.05, 0.1) is 4.47 Å². The number of benzene rings is 2. The van der Waals surface area contributed by atoms with Crippen LogP contribution in [0.2, 0.25) is 0 Å². The minimum absolute atomic E-state index is 0.0892. The summed E-state index contributed by atoms with van der Waals surface area (Å²) in [7, 11) is 0. The Balaban J connectivity index is 1.68. The van der Waals surface area contributed by atoms with E-state index in [0.717, 1.165) is 54.5 Å². The average Bonchev–Trinajstić information content (AvgIpc) is 2.80. The number of phenolic OH excluding ortho intramolecular Hbond substituents is 1. The van der Waals surface area contributed by atoms with Crippen LogP contribution < -0.4 is 0 Å². The van der Waals surface area contributed by atoms with E-state index in [-0.39, 0.29) is 17.3 Å². The van der Waals surface area contributed by atoms with E-state index in [1.54, 1.807) is 6.07 Å². The number of aromatic hydroxyl groups is 1. The number of ketones is 2. The molecule has 6 heteroatoms. The molecule has 0 amide bonds. The monoisotopic (exact) mass is 569 g/mol. The van der Waals surface area contributed by atoms with Gasteiger partial charge >= 0.3 is 0 Å². The molecule has 170 valence electrons. The van der Waals surface area contributed by atoms with E-state index >= 15 is 0 Å². The van der Waals surface area contributed by atoms with Crippen molar-refractivity contribution in [2.24, 2.45) is 0 Å². The van der Waals surface area contributed by atoms with Crippen molar-refractivity contribution in [3.05, 3.63) is 85.1 Å². The number of phenols is 1. The van der Waals surface area contributed by atoms with Crippen LogP contribution in [0.15, 0.2) is 74.0 Å². The molecule has 4 nitrogen and oxygen atoms in total.